The monoisotopic (exact) mass is 214 g/mol. The summed E-state index contributed by atoms with van der Waals surface area (Å²) >= 11 is 0. The molecule has 1 aliphatic heterocycles. The number of rotatable bonds is 6. The van der Waals surface area contributed by atoms with E-state index in [0.29, 0.717) is 6.54 Å². The van der Waals surface area contributed by atoms with Crippen LogP contribution in [-0.2, 0) is 4.74 Å². The smallest absolute Gasteiger partial charge is 0.0705 e. The first-order valence-electron chi connectivity index (χ1n) is 6.21. The van der Waals surface area contributed by atoms with Gasteiger partial charge in [-0.25, -0.2) is 0 Å². The molecule has 1 heterocycles. The van der Waals surface area contributed by atoms with Gasteiger partial charge in [0.15, 0.2) is 0 Å². The van der Waals surface area contributed by atoms with Crippen LogP contribution in [0.25, 0.3) is 0 Å². The summed E-state index contributed by atoms with van der Waals surface area (Å²) in [5.74, 6) is 0. The minimum atomic E-state index is 0.232. The fourth-order valence-corrected chi connectivity index (χ4v) is 2.59. The van der Waals surface area contributed by atoms with Crippen LogP contribution in [0.5, 0.6) is 0 Å². The summed E-state index contributed by atoms with van der Waals surface area (Å²) in [6, 6.07) is 1.53. The van der Waals surface area contributed by atoms with E-state index in [1.165, 1.54) is 19.3 Å². The van der Waals surface area contributed by atoms with Crippen molar-refractivity contribution in [2.45, 2.75) is 57.7 Å². The Kier molecular flexibility index (Phi) is 5.58. The molecule has 0 bridgehead atoms. The van der Waals surface area contributed by atoms with Gasteiger partial charge in [0.1, 0.15) is 0 Å². The van der Waals surface area contributed by atoms with E-state index in [-0.39, 0.29) is 6.10 Å². The molecule has 3 atom stereocenters. The average Bonchev–Trinajstić information content (AvgIpc) is 2.61. The van der Waals surface area contributed by atoms with Crippen LogP contribution >= 0.6 is 0 Å². The molecular weight excluding hydrogens is 188 g/mol. The number of nitrogens with zero attached hydrogens (tertiary/aromatic N) is 1. The van der Waals surface area contributed by atoms with E-state index in [1.807, 2.05) is 0 Å². The van der Waals surface area contributed by atoms with Gasteiger partial charge in [-0.3, -0.25) is 4.90 Å². The van der Waals surface area contributed by atoms with Crippen molar-refractivity contribution in [3.05, 3.63) is 0 Å². The summed E-state index contributed by atoms with van der Waals surface area (Å²) in [5, 5.41) is 0. The van der Waals surface area contributed by atoms with Gasteiger partial charge in [-0.15, -0.1) is 0 Å². The number of hydrogen-bond donors (Lipinski definition) is 1. The zero-order valence-electron chi connectivity index (χ0n) is 10.4. The van der Waals surface area contributed by atoms with Crippen LogP contribution in [0, 0.1) is 0 Å². The van der Waals surface area contributed by atoms with Crippen LogP contribution in [-0.4, -0.2) is 43.3 Å². The Labute approximate surface area is 94.0 Å². The molecule has 3 unspecified atom stereocenters. The van der Waals surface area contributed by atoms with Crippen LogP contribution in [0.1, 0.15) is 39.5 Å². The van der Waals surface area contributed by atoms with Crippen molar-refractivity contribution in [1.29, 1.82) is 0 Å². The predicted molar refractivity (Wildman–Crippen MR) is 63.9 cm³/mol. The van der Waals surface area contributed by atoms with E-state index in [9.17, 15) is 0 Å². The maximum atomic E-state index is 5.63. The third kappa shape index (κ3) is 3.44. The minimum Gasteiger partial charge on any atom is -0.380 e. The molecule has 1 aliphatic rings. The Morgan fingerprint density at radius 3 is 2.73 bits per heavy atom. The first-order valence-corrected chi connectivity index (χ1v) is 6.21. The maximum Gasteiger partial charge on any atom is 0.0705 e. The summed E-state index contributed by atoms with van der Waals surface area (Å²) in [5.41, 5.74) is 5.63. The second-order valence-corrected chi connectivity index (χ2v) is 4.61. The molecule has 15 heavy (non-hydrogen) atoms. The molecule has 3 nitrogen and oxygen atoms in total. The lowest BCUT2D eigenvalue weighted by Gasteiger charge is -2.29. The summed E-state index contributed by atoms with van der Waals surface area (Å²) in [6.07, 6.45) is 5.27. The first-order chi connectivity index (χ1) is 7.22. The van der Waals surface area contributed by atoms with Gasteiger partial charge >= 0.3 is 0 Å². The Balaban J connectivity index is 2.35. The molecule has 0 aliphatic carbocycles. The maximum absolute atomic E-state index is 5.63. The quantitative estimate of drug-likeness (QED) is 0.730. The molecule has 0 aromatic carbocycles. The van der Waals surface area contributed by atoms with Crippen molar-refractivity contribution in [3.63, 3.8) is 0 Å². The summed E-state index contributed by atoms with van der Waals surface area (Å²) in [4.78, 5) is 2.63. The third-order valence-corrected chi connectivity index (χ3v) is 3.73. The predicted octanol–water partition coefficient (Wildman–Crippen LogP) is 1.61. The van der Waals surface area contributed by atoms with E-state index < -0.39 is 0 Å². The number of ether oxygens (including phenoxy) is 1. The van der Waals surface area contributed by atoms with E-state index in [2.05, 4.69) is 18.7 Å². The number of methoxy groups -OCH3 is 1. The molecule has 0 amide bonds. The Morgan fingerprint density at radius 2 is 2.20 bits per heavy atom. The molecule has 90 valence electrons. The van der Waals surface area contributed by atoms with E-state index in [0.717, 1.165) is 25.0 Å². The van der Waals surface area contributed by atoms with Crippen molar-refractivity contribution in [2.24, 2.45) is 5.73 Å². The first kappa shape index (κ1) is 12.9. The van der Waals surface area contributed by atoms with Gasteiger partial charge in [0, 0.05) is 32.3 Å². The zero-order valence-corrected chi connectivity index (χ0v) is 10.4. The fourth-order valence-electron chi connectivity index (χ4n) is 2.59. The Morgan fingerprint density at radius 1 is 1.47 bits per heavy atom. The highest BCUT2D eigenvalue weighted by Crippen LogP contribution is 2.26. The topological polar surface area (TPSA) is 38.5 Å². The zero-order chi connectivity index (χ0) is 11.3. The summed E-state index contributed by atoms with van der Waals surface area (Å²) < 4.78 is 5.31. The van der Waals surface area contributed by atoms with Gasteiger partial charge in [-0.05, 0) is 32.6 Å². The van der Waals surface area contributed by atoms with Gasteiger partial charge < -0.3 is 10.5 Å². The Bertz CT molecular complexity index is 171. The van der Waals surface area contributed by atoms with E-state index in [4.69, 9.17) is 10.5 Å². The second-order valence-electron chi connectivity index (χ2n) is 4.61. The minimum absolute atomic E-state index is 0.232. The lowest BCUT2D eigenvalue weighted by Crippen LogP contribution is -2.37. The summed E-state index contributed by atoms with van der Waals surface area (Å²) in [6.45, 7) is 6.39. The standard InChI is InChI=1S/C12H26N2O/c1-4-11-6-5-10(2)14(11)8-7-12(9-13)15-3/h10-12H,4-9,13H2,1-3H3. The van der Waals surface area contributed by atoms with Gasteiger partial charge in [-0.1, -0.05) is 6.92 Å². The normalized spacial score (nSPS) is 29.6. The van der Waals surface area contributed by atoms with Crippen molar-refractivity contribution < 1.29 is 4.74 Å². The number of nitrogens with two attached hydrogens (primary N) is 1. The van der Waals surface area contributed by atoms with Gasteiger partial charge in [0.2, 0.25) is 0 Å². The van der Waals surface area contributed by atoms with Crippen LogP contribution < -0.4 is 5.73 Å². The van der Waals surface area contributed by atoms with Crippen molar-refractivity contribution in [1.82, 2.24) is 4.90 Å². The van der Waals surface area contributed by atoms with E-state index in [1.54, 1.807) is 7.11 Å². The number of hydrogen-bond acceptors (Lipinski definition) is 3. The molecule has 0 spiro atoms. The lowest BCUT2D eigenvalue weighted by molar-refractivity contribution is 0.0810. The van der Waals surface area contributed by atoms with Gasteiger partial charge in [0.05, 0.1) is 6.10 Å². The third-order valence-electron chi connectivity index (χ3n) is 3.73. The van der Waals surface area contributed by atoms with Crippen molar-refractivity contribution in [3.8, 4) is 0 Å². The molecule has 2 N–H and O–H groups in total. The van der Waals surface area contributed by atoms with Gasteiger partial charge in [-0.2, -0.15) is 0 Å². The number of likely N-dealkylation sites (tertiary alicyclic amines) is 1. The average molecular weight is 214 g/mol. The van der Waals surface area contributed by atoms with Gasteiger partial charge in [0.25, 0.3) is 0 Å². The SMILES string of the molecule is CCC1CCC(C)N1CCC(CN)OC. The van der Waals surface area contributed by atoms with Crippen molar-refractivity contribution in [2.75, 3.05) is 20.2 Å². The molecule has 3 heteroatoms. The molecule has 0 aromatic heterocycles. The second kappa shape index (κ2) is 6.46. The Hall–Kier alpha value is -0.120. The molecule has 0 radical (unpaired) electrons. The van der Waals surface area contributed by atoms with Crippen LogP contribution in [0.3, 0.4) is 0 Å². The summed E-state index contributed by atoms with van der Waals surface area (Å²) in [7, 11) is 1.75. The van der Waals surface area contributed by atoms with Crippen LogP contribution in [0.2, 0.25) is 0 Å². The molecule has 1 rings (SSSR count). The molecule has 0 saturated carbocycles. The largest absolute Gasteiger partial charge is 0.380 e. The highest BCUT2D eigenvalue weighted by molar-refractivity contribution is 4.84. The lowest BCUT2D eigenvalue weighted by atomic mass is 10.1. The molecular formula is C12H26N2O. The molecule has 0 aromatic rings. The van der Waals surface area contributed by atoms with Crippen LogP contribution in [0.4, 0.5) is 0 Å². The highest BCUT2D eigenvalue weighted by Gasteiger charge is 2.28. The fraction of sp³-hybridized carbons (Fsp3) is 1.00. The van der Waals surface area contributed by atoms with Crippen molar-refractivity contribution >= 4 is 0 Å². The van der Waals surface area contributed by atoms with E-state index >= 15 is 0 Å². The molecule has 1 saturated heterocycles. The van der Waals surface area contributed by atoms with Crippen LogP contribution in [0.15, 0.2) is 0 Å². The highest BCUT2D eigenvalue weighted by atomic mass is 16.5. The molecule has 1 fully saturated rings.